The zero-order valence-electron chi connectivity index (χ0n) is 12.6. The van der Waals surface area contributed by atoms with E-state index < -0.39 is 0 Å². The summed E-state index contributed by atoms with van der Waals surface area (Å²) in [6.45, 7) is 6.37. The fourth-order valence-electron chi connectivity index (χ4n) is 3.83. The van der Waals surface area contributed by atoms with Gasteiger partial charge in [0.05, 0.1) is 16.4 Å². The van der Waals surface area contributed by atoms with E-state index in [-0.39, 0.29) is 0 Å². The summed E-state index contributed by atoms with van der Waals surface area (Å²) >= 11 is 6.52. The highest BCUT2D eigenvalue weighted by Gasteiger charge is 2.41. The van der Waals surface area contributed by atoms with Crippen LogP contribution in [-0.2, 0) is 20.0 Å². The van der Waals surface area contributed by atoms with Gasteiger partial charge in [0.15, 0.2) is 0 Å². The molecule has 1 aromatic heterocycles. The molecular formula is C15H25ClN4. The van der Waals surface area contributed by atoms with Crippen LogP contribution in [0.4, 0.5) is 0 Å². The van der Waals surface area contributed by atoms with Crippen molar-refractivity contribution in [1.82, 2.24) is 20.0 Å². The van der Waals surface area contributed by atoms with Crippen LogP contribution < -0.4 is 5.32 Å². The van der Waals surface area contributed by atoms with Crippen LogP contribution >= 0.6 is 11.6 Å². The highest BCUT2D eigenvalue weighted by atomic mass is 35.5. The third-order valence-corrected chi connectivity index (χ3v) is 5.50. The van der Waals surface area contributed by atoms with E-state index in [1.54, 1.807) is 0 Å². The smallest absolute Gasteiger partial charge is 0.0863 e. The second-order valence-corrected chi connectivity index (χ2v) is 6.59. The van der Waals surface area contributed by atoms with Crippen molar-refractivity contribution >= 4 is 11.6 Å². The minimum Gasteiger partial charge on any atom is -0.314 e. The maximum atomic E-state index is 6.52. The Hall–Kier alpha value is -0.580. The van der Waals surface area contributed by atoms with Crippen LogP contribution in [0.25, 0.3) is 0 Å². The molecule has 112 valence electrons. The predicted octanol–water partition coefficient (Wildman–Crippen LogP) is 2.35. The van der Waals surface area contributed by atoms with Crippen molar-refractivity contribution in [3.8, 4) is 0 Å². The summed E-state index contributed by atoms with van der Waals surface area (Å²) in [6, 6.07) is 0. The van der Waals surface area contributed by atoms with Gasteiger partial charge in [-0.25, -0.2) is 0 Å². The number of nitrogens with one attached hydrogen (secondary N) is 1. The molecule has 0 unspecified atom stereocenters. The third-order valence-electron chi connectivity index (χ3n) is 5.06. The number of hydrogen-bond donors (Lipinski definition) is 1. The predicted molar refractivity (Wildman–Crippen MR) is 82.1 cm³/mol. The van der Waals surface area contributed by atoms with E-state index in [1.165, 1.54) is 31.4 Å². The molecule has 2 fully saturated rings. The monoisotopic (exact) mass is 296 g/mol. The van der Waals surface area contributed by atoms with Gasteiger partial charge >= 0.3 is 0 Å². The van der Waals surface area contributed by atoms with Gasteiger partial charge in [0.1, 0.15) is 0 Å². The Bertz CT molecular complexity index is 476. The Morgan fingerprint density at radius 1 is 1.35 bits per heavy atom. The Morgan fingerprint density at radius 3 is 2.75 bits per heavy atom. The zero-order valence-corrected chi connectivity index (χ0v) is 13.3. The molecule has 1 saturated heterocycles. The molecule has 20 heavy (non-hydrogen) atoms. The molecule has 0 aromatic carbocycles. The number of hydrogen-bond acceptors (Lipinski definition) is 3. The Kier molecular flexibility index (Phi) is 4.07. The van der Waals surface area contributed by atoms with Gasteiger partial charge in [-0.05, 0) is 19.3 Å². The molecule has 2 heterocycles. The van der Waals surface area contributed by atoms with Crippen LogP contribution in [0, 0.1) is 0 Å². The second-order valence-electron chi connectivity index (χ2n) is 6.21. The average molecular weight is 297 g/mol. The topological polar surface area (TPSA) is 33.1 Å². The number of rotatable bonds is 3. The van der Waals surface area contributed by atoms with Crippen LogP contribution in [0.2, 0.25) is 5.02 Å². The summed E-state index contributed by atoms with van der Waals surface area (Å²) in [5, 5.41) is 9.01. The van der Waals surface area contributed by atoms with E-state index in [0.717, 1.165) is 43.3 Å². The number of aromatic nitrogens is 2. The van der Waals surface area contributed by atoms with Crippen LogP contribution in [0.5, 0.6) is 0 Å². The lowest BCUT2D eigenvalue weighted by atomic mass is 9.92. The van der Waals surface area contributed by atoms with Crippen molar-refractivity contribution in [3.05, 3.63) is 16.4 Å². The minimum absolute atomic E-state index is 0.359. The lowest BCUT2D eigenvalue weighted by molar-refractivity contribution is 0.0550. The van der Waals surface area contributed by atoms with E-state index >= 15 is 0 Å². The number of halogens is 1. The van der Waals surface area contributed by atoms with Gasteiger partial charge in [0.25, 0.3) is 0 Å². The summed E-state index contributed by atoms with van der Waals surface area (Å²) in [6.07, 6.45) is 6.25. The van der Waals surface area contributed by atoms with Crippen LogP contribution in [-0.4, -0.2) is 39.9 Å². The molecule has 1 aromatic rings. The van der Waals surface area contributed by atoms with Crippen LogP contribution in [0.15, 0.2) is 0 Å². The normalized spacial score (nSPS) is 22.8. The molecule has 3 rings (SSSR count). The summed E-state index contributed by atoms with van der Waals surface area (Å²) in [5.74, 6) is 0. The Morgan fingerprint density at radius 2 is 2.10 bits per heavy atom. The summed E-state index contributed by atoms with van der Waals surface area (Å²) < 4.78 is 1.98. The highest BCUT2D eigenvalue weighted by Crippen LogP contribution is 2.37. The molecule has 1 aliphatic heterocycles. The molecule has 0 bridgehead atoms. The van der Waals surface area contributed by atoms with Gasteiger partial charge < -0.3 is 5.32 Å². The highest BCUT2D eigenvalue weighted by molar-refractivity contribution is 6.31. The number of piperazine rings is 1. The second kappa shape index (κ2) is 5.66. The standard InChI is InChI=1S/C15H25ClN4/c1-3-12-14(16)13(19(2)18-12)10-20-9-8-17-11-15(20)6-4-5-7-15/h17H,3-11H2,1-2H3. The molecule has 0 amide bonds. The molecule has 1 saturated carbocycles. The molecule has 5 heteroatoms. The lowest BCUT2D eigenvalue weighted by Crippen LogP contribution is -2.59. The first-order chi connectivity index (χ1) is 9.66. The molecule has 1 N–H and O–H groups in total. The van der Waals surface area contributed by atoms with Gasteiger partial charge in [-0.2, -0.15) is 5.10 Å². The largest absolute Gasteiger partial charge is 0.314 e. The van der Waals surface area contributed by atoms with E-state index in [1.807, 2.05) is 11.7 Å². The van der Waals surface area contributed by atoms with Crippen molar-refractivity contribution in [2.45, 2.75) is 51.1 Å². The summed E-state index contributed by atoms with van der Waals surface area (Å²) in [5.41, 5.74) is 2.56. The van der Waals surface area contributed by atoms with E-state index in [0.29, 0.717) is 5.54 Å². The fourth-order valence-corrected chi connectivity index (χ4v) is 4.18. The quantitative estimate of drug-likeness (QED) is 0.929. The molecule has 1 spiro atoms. The van der Waals surface area contributed by atoms with Gasteiger partial charge in [0, 0.05) is 38.8 Å². The maximum absolute atomic E-state index is 6.52. The Labute approximate surface area is 126 Å². The molecule has 1 aliphatic carbocycles. The molecule has 0 radical (unpaired) electrons. The molecule has 4 nitrogen and oxygen atoms in total. The third kappa shape index (κ3) is 2.38. The lowest BCUT2D eigenvalue weighted by Gasteiger charge is -2.45. The number of aryl methyl sites for hydroxylation is 2. The van der Waals surface area contributed by atoms with Crippen molar-refractivity contribution in [1.29, 1.82) is 0 Å². The Balaban J connectivity index is 1.84. The van der Waals surface area contributed by atoms with Crippen molar-refractivity contribution in [2.24, 2.45) is 7.05 Å². The molecule has 0 atom stereocenters. The van der Waals surface area contributed by atoms with Crippen LogP contribution in [0.1, 0.15) is 44.0 Å². The first-order valence-corrected chi connectivity index (χ1v) is 8.20. The molecular weight excluding hydrogens is 272 g/mol. The fraction of sp³-hybridized carbons (Fsp3) is 0.800. The maximum Gasteiger partial charge on any atom is 0.0863 e. The van der Waals surface area contributed by atoms with Crippen molar-refractivity contribution in [3.63, 3.8) is 0 Å². The van der Waals surface area contributed by atoms with Gasteiger partial charge in [-0.3, -0.25) is 9.58 Å². The number of nitrogens with zero attached hydrogens (tertiary/aromatic N) is 3. The first kappa shape index (κ1) is 14.4. The SMILES string of the molecule is CCc1nn(C)c(CN2CCNCC23CCCC3)c1Cl. The van der Waals surface area contributed by atoms with Crippen LogP contribution in [0.3, 0.4) is 0 Å². The minimum atomic E-state index is 0.359. The van der Waals surface area contributed by atoms with Crippen molar-refractivity contribution < 1.29 is 0 Å². The first-order valence-electron chi connectivity index (χ1n) is 7.82. The van der Waals surface area contributed by atoms with E-state index in [4.69, 9.17) is 11.6 Å². The van der Waals surface area contributed by atoms with E-state index in [2.05, 4.69) is 22.2 Å². The van der Waals surface area contributed by atoms with E-state index in [9.17, 15) is 0 Å². The summed E-state index contributed by atoms with van der Waals surface area (Å²) in [7, 11) is 2.02. The van der Waals surface area contributed by atoms with Crippen molar-refractivity contribution in [2.75, 3.05) is 19.6 Å². The average Bonchev–Trinajstić information content (AvgIpc) is 3.01. The molecule has 2 aliphatic rings. The van der Waals surface area contributed by atoms with Gasteiger partial charge in [0.2, 0.25) is 0 Å². The van der Waals surface area contributed by atoms with Gasteiger partial charge in [-0.15, -0.1) is 0 Å². The van der Waals surface area contributed by atoms with Gasteiger partial charge in [-0.1, -0.05) is 31.4 Å². The summed E-state index contributed by atoms with van der Waals surface area (Å²) in [4.78, 5) is 2.65. The zero-order chi connectivity index (χ0) is 14.2.